The van der Waals surface area contributed by atoms with Gasteiger partial charge in [0.05, 0.1) is 17.3 Å². The minimum atomic E-state index is 0.0498. The molecule has 2 aromatic heterocycles. The summed E-state index contributed by atoms with van der Waals surface area (Å²) in [4.78, 5) is 18.4. The summed E-state index contributed by atoms with van der Waals surface area (Å²) < 4.78 is 5.74. The van der Waals surface area contributed by atoms with Crippen LogP contribution in [-0.2, 0) is 6.42 Å². The summed E-state index contributed by atoms with van der Waals surface area (Å²) in [6.45, 7) is 1.94. The Labute approximate surface area is 168 Å². The molecule has 1 amide bonds. The Kier molecular flexibility index (Phi) is 5.58. The number of para-hydroxylation sites is 1. The fourth-order valence-corrected chi connectivity index (χ4v) is 3.60. The number of hydrogen-bond acceptors (Lipinski definition) is 4. The molecule has 6 nitrogen and oxygen atoms in total. The summed E-state index contributed by atoms with van der Waals surface area (Å²) >= 11 is 6.10. The number of carbonyl (C=O) groups is 1. The molecule has 1 aliphatic heterocycles. The minimum absolute atomic E-state index is 0.0498. The molecule has 1 aromatic carbocycles. The van der Waals surface area contributed by atoms with Crippen LogP contribution in [0.15, 0.2) is 54.9 Å². The van der Waals surface area contributed by atoms with E-state index in [4.69, 9.17) is 16.3 Å². The summed E-state index contributed by atoms with van der Waals surface area (Å²) in [6, 6.07) is 13.0. The summed E-state index contributed by atoms with van der Waals surface area (Å²) in [5, 5.41) is 8.15. The number of rotatable bonds is 6. The third-order valence-electron chi connectivity index (χ3n) is 4.94. The third-order valence-corrected chi connectivity index (χ3v) is 5.25. The zero-order valence-corrected chi connectivity index (χ0v) is 16.1. The predicted octanol–water partition coefficient (Wildman–Crippen LogP) is 3.71. The summed E-state index contributed by atoms with van der Waals surface area (Å²) in [5.41, 5.74) is 2.69. The van der Waals surface area contributed by atoms with Crippen LogP contribution in [0.5, 0.6) is 5.75 Å². The van der Waals surface area contributed by atoms with Gasteiger partial charge in [-0.2, -0.15) is 5.10 Å². The highest BCUT2D eigenvalue weighted by Crippen LogP contribution is 2.27. The molecule has 1 saturated heterocycles. The standard InChI is InChI=1S/C21H21ClN4O2/c22-18-3-1-2-4-20(18)28-12-8-17-13-19(25-24-17)16-7-11-26(14-16)21(27)15-5-9-23-10-6-15/h1-6,9-10,13,16H,7-8,11-12,14H2,(H,24,25)/t16-/m1/s1. The average Bonchev–Trinajstić information content (AvgIpc) is 3.39. The molecular formula is C21H21ClN4O2. The second-order valence-electron chi connectivity index (χ2n) is 6.82. The van der Waals surface area contributed by atoms with Gasteiger partial charge < -0.3 is 9.64 Å². The largest absolute Gasteiger partial charge is 0.492 e. The van der Waals surface area contributed by atoms with Crippen LogP contribution < -0.4 is 4.74 Å². The van der Waals surface area contributed by atoms with Gasteiger partial charge in [0, 0.05) is 49.1 Å². The molecule has 1 atom stereocenters. The second-order valence-corrected chi connectivity index (χ2v) is 7.23. The van der Waals surface area contributed by atoms with Gasteiger partial charge in [-0.1, -0.05) is 23.7 Å². The highest BCUT2D eigenvalue weighted by Gasteiger charge is 2.29. The van der Waals surface area contributed by atoms with Crippen LogP contribution in [0.3, 0.4) is 0 Å². The number of halogens is 1. The number of nitrogens with one attached hydrogen (secondary N) is 1. The van der Waals surface area contributed by atoms with Crippen LogP contribution in [0.25, 0.3) is 0 Å². The van der Waals surface area contributed by atoms with Crippen LogP contribution in [0.2, 0.25) is 5.02 Å². The van der Waals surface area contributed by atoms with Gasteiger partial charge in [0.15, 0.2) is 0 Å². The molecule has 144 valence electrons. The second kappa shape index (κ2) is 8.44. The SMILES string of the molecule is O=C(c1ccncc1)N1CC[C@@H](c2cc(CCOc3ccccc3Cl)[nH]n2)C1. The average molecular weight is 397 g/mol. The molecule has 1 N–H and O–H groups in total. The number of benzene rings is 1. The van der Waals surface area contributed by atoms with E-state index in [2.05, 4.69) is 21.2 Å². The van der Waals surface area contributed by atoms with Gasteiger partial charge in [-0.15, -0.1) is 0 Å². The van der Waals surface area contributed by atoms with Gasteiger partial charge in [0.1, 0.15) is 5.75 Å². The third kappa shape index (κ3) is 4.17. The molecule has 3 heterocycles. The molecule has 0 spiro atoms. The summed E-state index contributed by atoms with van der Waals surface area (Å²) in [7, 11) is 0. The van der Waals surface area contributed by atoms with E-state index in [9.17, 15) is 4.79 Å². The highest BCUT2D eigenvalue weighted by atomic mass is 35.5. The summed E-state index contributed by atoms with van der Waals surface area (Å²) in [5.74, 6) is 0.985. The van der Waals surface area contributed by atoms with E-state index in [0.717, 1.165) is 24.4 Å². The topological polar surface area (TPSA) is 71.1 Å². The maximum absolute atomic E-state index is 12.6. The Morgan fingerprint density at radius 1 is 1.25 bits per heavy atom. The van der Waals surface area contributed by atoms with Gasteiger partial charge in [-0.25, -0.2) is 0 Å². The number of likely N-dealkylation sites (tertiary alicyclic amines) is 1. The zero-order chi connectivity index (χ0) is 19.3. The number of ether oxygens (including phenoxy) is 1. The molecule has 4 rings (SSSR count). The number of carbonyl (C=O) groups excluding carboxylic acids is 1. The molecule has 0 unspecified atom stereocenters. The van der Waals surface area contributed by atoms with E-state index in [0.29, 0.717) is 35.9 Å². The van der Waals surface area contributed by atoms with Crippen molar-refractivity contribution in [3.8, 4) is 5.75 Å². The maximum Gasteiger partial charge on any atom is 0.253 e. The van der Waals surface area contributed by atoms with E-state index < -0.39 is 0 Å². The lowest BCUT2D eigenvalue weighted by Crippen LogP contribution is -2.28. The number of hydrogen-bond donors (Lipinski definition) is 1. The minimum Gasteiger partial charge on any atom is -0.492 e. The van der Waals surface area contributed by atoms with E-state index in [-0.39, 0.29) is 11.8 Å². The van der Waals surface area contributed by atoms with Gasteiger partial charge in [0.2, 0.25) is 0 Å². The lowest BCUT2D eigenvalue weighted by Gasteiger charge is -2.15. The van der Waals surface area contributed by atoms with Gasteiger partial charge in [-0.05, 0) is 36.8 Å². The number of aromatic nitrogens is 3. The first kappa shape index (κ1) is 18.5. The molecule has 0 aliphatic carbocycles. The number of nitrogens with zero attached hydrogens (tertiary/aromatic N) is 3. The smallest absolute Gasteiger partial charge is 0.253 e. The van der Waals surface area contributed by atoms with Crippen molar-refractivity contribution in [1.29, 1.82) is 0 Å². The Bertz CT molecular complexity index is 944. The normalized spacial score (nSPS) is 16.3. The van der Waals surface area contributed by atoms with Crippen molar-refractivity contribution in [1.82, 2.24) is 20.1 Å². The van der Waals surface area contributed by atoms with E-state index in [1.54, 1.807) is 24.5 Å². The van der Waals surface area contributed by atoms with Crippen molar-refractivity contribution in [2.24, 2.45) is 0 Å². The van der Waals surface area contributed by atoms with Crippen LogP contribution in [0, 0.1) is 0 Å². The number of H-pyrrole nitrogens is 1. The lowest BCUT2D eigenvalue weighted by atomic mass is 10.0. The van der Waals surface area contributed by atoms with E-state index in [1.165, 1.54) is 0 Å². The monoisotopic (exact) mass is 396 g/mol. The van der Waals surface area contributed by atoms with Crippen molar-refractivity contribution >= 4 is 17.5 Å². The molecule has 0 bridgehead atoms. The van der Waals surface area contributed by atoms with Gasteiger partial charge in [0.25, 0.3) is 5.91 Å². The lowest BCUT2D eigenvalue weighted by molar-refractivity contribution is 0.0790. The quantitative estimate of drug-likeness (QED) is 0.689. The number of aromatic amines is 1. The van der Waals surface area contributed by atoms with E-state index >= 15 is 0 Å². The van der Waals surface area contributed by atoms with Crippen molar-refractivity contribution in [3.05, 3.63) is 76.8 Å². The number of amides is 1. The van der Waals surface area contributed by atoms with Crippen molar-refractivity contribution < 1.29 is 9.53 Å². The van der Waals surface area contributed by atoms with Crippen molar-refractivity contribution in [3.63, 3.8) is 0 Å². The first-order chi connectivity index (χ1) is 13.7. The first-order valence-electron chi connectivity index (χ1n) is 9.31. The van der Waals surface area contributed by atoms with Crippen LogP contribution >= 0.6 is 11.6 Å². The molecule has 3 aromatic rings. The Hall–Kier alpha value is -2.86. The molecule has 0 saturated carbocycles. The van der Waals surface area contributed by atoms with Gasteiger partial charge in [-0.3, -0.25) is 14.9 Å². The Morgan fingerprint density at radius 2 is 2.07 bits per heavy atom. The van der Waals surface area contributed by atoms with Gasteiger partial charge >= 0.3 is 0 Å². The van der Waals surface area contributed by atoms with E-state index in [1.807, 2.05) is 29.2 Å². The van der Waals surface area contributed by atoms with Crippen LogP contribution in [-0.4, -0.2) is 45.7 Å². The Balaban J connectivity index is 1.31. The molecule has 7 heteroatoms. The Morgan fingerprint density at radius 3 is 2.89 bits per heavy atom. The number of pyridine rings is 1. The summed E-state index contributed by atoms with van der Waals surface area (Å²) in [6.07, 6.45) is 4.92. The predicted molar refractivity (Wildman–Crippen MR) is 107 cm³/mol. The fourth-order valence-electron chi connectivity index (χ4n) is 3.41. The highest BCUT2D eigenvalue weighted by molar-refractivity contribution is 6.32. The zero-order valence-electron chi connectivity index (χ0n) is 15.3. The molecule has 0 radical (unpaired) electrons. The molecule has 1 fully saturated rings. The molecule has 28 heavy (non-hydrogen) atoms. The molecule has 1 aliphatic rings. The van der Waals surface area contributed by atoms with Crippen molar-refractivity contribution in [2.45, 2.75) is 18.8 Å². The van der Waals surface area contributed by atoms with Crippen LogP contribution in [0.4, 0.5) is 0 Å². The first-order valence-corrected chi connectivity index (χ1v) is 9.69. The van der Waals surface area contributed by atoms with Crippen LogP contribution in [0.1, 0.15) is 34.1 Å². The fraction of sp³-hybridized carbons (Fsp3) is 0.286. The van der Waals surface area contributed by atoms with Crippen molar-refractivity contribution in [2.75, 3.05) is 19.7 Å². The molecular weight excluding hydrogens is 376 g/mol. The maximum atomic E-state index is 12.6.